The Labute approximate surface area is 176 Å². The largest absolute Gasteiger partial charge is 0.274 e. The van der Waals surface area contributed by atoms with E-state index in [0.717, 1.165) is 33.0 Å². The second kappa shape index (κ2) is 7.92. The van der Waals surface area contributed by atoms with Crippen molar-refractivity contribution in [3.8, 4) is 0 Å². The summed E-state index contributed by atoms with van der Waals surface area (Å²) in [6, 6.07) is 6.01. The minimum Gasteiger partial charge on any atom is -0.274 e. The second-order valence-electron chi connectivity index (χ2n) is 6.72. The van der Waals surface area contributed by atoms with E-state index < -0.39 is 0 Å². The van der Waals surface area contributed by atoms with Crippen LogP contribution in [0.4, 0.5) is 10.8 Å². The molecule has 0 unspecified atom stereocenters. The van der Waals surface area contributed by atoms with Crippen molar-refractivity contribution in [2.75, 3.05) is 4.90 Å². The molecule has 0 radical (unpaired) electrons. The number of hydrogen-bond acceptors (Lipinski definition) is 7. The molecule has 7 nitrogen and oxygen atoms in total. The third-order valence-corrected chi connectivity index (χ3v) is 6.56. The normalized spacial score (nSPS) is 11.2. The zero-order valence-electron chi connectivity index (χ0n) is 16.6. The molecule has 0 aliphatic carbocycles. The van der Waals surface area contributed by atoms with Gasteiger partial charge in [0.1, 0.15) is 11.4 Å². The van der Waals surface area contributed by atoms with Crippen molar-refractivity contribution in [1.29, 1.82) is 0 Å². The summed E-state index contributed by atoms with van der Waals surface area (Å²) in [6.45, 7) is 5.66. The molecule has 29 heavy (non-hydrogen) atoms. The van der Waals surface area contributed by atoms with Crippen molar-refractivity contribution >= 4 is 50.9 Å². The van der Waals surface area contributed by atoms with Crippen molar-refractivity contribution in [1.82, 2.24) is 24.7 Å². The number of benzene rings is 1. The molecule has 4 aromatic rings. The predicted molar refractivity (Wildman–Crippen MR) is 117 cm³/mol. The maximum Gasteiger partial charge on any atom is 0.230 e. The Hall–Kier alpha value is -2.78. The fourth-order valence-electron chi connectivity index (χ4n) is 2.95. The summed E-state index contributed by atoms with van der Waals surface area (Å²) >= 11 is 3.05. The van der Waals surface area contributed by atoms with E-state index in [0.29, 0.717) is 10.9 Å². The lowest BCUT2D eigenvalue weighted by Gasteiger charge is -2.19. The molecule has 4 rings (SSSR count). The zero-order valence-corrected chi connectivity index (χ0v) is 18.2. The van der Waals surface area contributed by atoms with Crippen molar-refractivity contribution in [2.24, 2.45) is 7.05 Å². The number of hydrogen-bond donors (Lipinski definition) is 0. The molecule has 0 N–H and O–H groups in total. The molecule has 1 amide bonds. The van der Waals surface area contributed by atoms with Gasteiger partial charge < -0.3 is 0 Å². The Morgan fingerprint density at radius 2 is 2.07 bits per heavy atom. The van der Waals surface area contributed by atoms with Crippen LogP contribution in [0.5, 0.6) is 0 Å². The van der Waals surface area contributed by atoms with Gasteiger partial charge in [0.25, 0.3) is 0 Å². The summed E-state index contributed by atoms with van der Waals surface area (Å²) < 4.78 is 1.73. The zero-order chi connectivity index (χ0) is 20.5. The third-order valence-electron chi connectivity index (χ3n) is 4.64. The minimum atomic E-state index is -0.0605. The van der Waals surface area contributed by atoms with Crippen LogP contribution >= 0.6 is 23.1 Å². The topological polar surface area (TPSA) is 76.8 Å². The molecule has 0 saturated heterocycles. The Morgan fingerprint density at radius 1 is 1.24 bits per heavy atom. The third kappa shape index (κ3) is 3.88. The fourth-order valence-corrected chi connectivity index (χ4v) is 4.80. The summed E-state index contributed by atoms with van der Waals surface area (Å²) in [6.07, 6.45) is 3.33. The van der Waals surface area contributed by atoms with Gasteiger partial charge in [-0.1, -0.05) is 17.8 Å². The first-order valence-electron chi connectivity index (χ1n) is 9.02. The SMILES string of the molecule is CC(=O)N(c1ccc(C)c(C)c1)c1nc(CSc2ncnc3c2cnn3C)cs1. The van der Waals surface area contributed by atoms with Crippen molar-refractivity contribution in [2.45, 2.75) is 31.6 Å². The Bertz CT molecular complexity index is 1200. The van der Waals surface area contributed by atoms with Crippen LogP contribution in [0.2, 0.25) is 0 Å². The summed E-state index contributed by atoms with van der Waals surface area (Å²) in [5.41, 5.74) is 4.88. The lowest BCUT2D eigenvalue weighted by molar-refractivity contribution is -0.115. The van der Waals surface area contributed by atoms with Gasteiger partial charge in [-0.15, -0.1) is 11.3 Å². The average Bonchev–Trinajstić information content (AvgIpc) is 3.30. The van der Waals surface area contributed by atoms with E-state index in [1.54, 1.807) is 40.8 Å². The molecule has 0 saturated carbocycles. The van der Waals surface area contributed by atoms with Gasteiger partial charge in [-0.25, -0.2) is 15.0 Å². The molecule has 1 aromatic carbocycles. The van der Waals surface area contributed by atoms with Gasteiger partial charge in [0.15, 0.2) is 10.8 Å². The van der Waals surface area contributed by atoms with Gasteiger partial charge in [-0.2, -0.15) is 5.10 Å². The molecule has 9 heteroatoms. The van der Waals surface area contributed by atoms with Crippen LogP contribution in [0.1, 0.15) is 23.7 Å². The van der Waals surface area contributed by atoms with Crippen molar-refractivity contribution in [3.05, 3.63) is 52.9 Å². The molecule has 0 aliphatic rings. The van der Waals surface area contributed by atoms with Gasteiger partial charge in [-0.05, 0) is 37.1 Å². The van der Waals surface area contributed by atoms with Crippen LogP contribution in [0, 0.1) is 13.8 Å². The number of aryl methyl sites for hydroxylation is 3. The fraction of sp³-hybridized carbons (Fsp3) is 0.250. The van der Waals surface area contributed by atoms with Crippen LogP contribution in [0.3, 0.4) is 0 Å². The maximum absolute atomic E-state index is 12.3. The number of thioether (sulfide) groups is 1. The van der Waals surface area contributed by atoms with Crippen LogP contribution in [0.25, 0.3) is 11.0 Å². The van der Waals surface area contributed by atoms with Crippen LogP contribution in [-0.4, -0.2) is 30.6 Å². The quantitative estimate of drug-likeness (QED) is 0.349. The molecular formula is C20H20N6OS2. The van der Waals surface area contributed by atoms with Gasteiger partial charge in [0, 0.05) is 25.1 Å². The Balaban J connectivity index is 1.56. The summed E-state index contributed by atoms with van der Waals surface area (Å²) in [5, 5.41) is 8.70. The lowest BCUT2D eigenvalue weighted by Crippen LogP contribution is -2.22. The lowest BCUT2D eigenvalue weighted by atomic mass is 10.1. The Kier molecular flexibility index (Phi) is 5.33. The van der Waals surface area contributed by atoms with E-state index in [-0.39, 0.29) is 5.91 Å². The summed E-state index contributed by atoms with van der Waals surface area (Å²) in [5.74, 6) is 0.588. The summed E-state index contributed by atoms with van der Waals surface area (Å²) in [4.78, 5) is 27.3. The van der Waals surface area contributed by atoms with E-state index in [1.807, 2.05) is 37.6 Å². The van der Waals surface area contributed by atoms with Crippen molar-refractivity contribution < 1.29 is 4.79 Å². The monoisotopic (exact) mass is 424 g/mol. The summed E-state index contributed by atoms with van der Waals surface area (Å²) in [7, 11) is 1.86. The number of nitrogens with zero attached hydrogens (tertiary/aromatic N) is 6. The molecule has 0 spiro atoms. The number of carbonyl (C=O) groups excluding carboxylic acids is 1. The Morgan fingerprint density at radius 3 is 2.83 bits per heavy atom. The second-order valence-corrected chi connectivity index (χ2v) is 8.52. The first-order chi connectivity index (χ1) is 13.9. The molecule has 3 heterocycles. The molecule has 0 aliphatic heterocycles. The van der Waals surface area contributed by atoms with Gasteiger partial charge in [-0.3, -0.25) is 14.4 Å². The number of fused-ring (bicyclic) bond motifs is 1. The molecular weight excluding hydrogens is 404 g/mol. The van der Waals surface area contributed by atoms with Crippen LogP contribution in [-0.2, 0) is 17.6 Å². The van der Waals surface area contributed by atoms with E-state index in [4.69, 9.17) is 4.98 Å². The number of thiazole rings is 1. The first kappa shape index (κ1) is 19.5. The highest BCUT2D eigenvalue weighted by atomic mass is 32.2. The number of amides is 1. The molecule has 0 fully saturated rings. The minimum absolute atomic E-state index is 0.0605. The highest BCUT2D eigenvalue weighted by Crippen LogP contribution is 2.33. The van der Waals surface area contributed by atoms with E-state index in [9.17, 15) is 4.79 Å². The highest BCUT2D eigenvalue weighted by Gasteiger charge is 2.19. The van der Waals surface area contributed by atoms with Crippen LogP contribution in [0.15, 0.2) is 41.1 Å². The molecule has 3 aromatic heterocycles. The van der Waals surface area contributed by atoms with E-state index in [1.165, 1.54) is 16.9 Å². The number of anilines is 2. The molecule has 0 bridgehead atoms. The molecule has 0 atom stereocenters. The predicted octanol–water partition coefficient (Wildman–Crippen LogP) is 4.41. The molecule has 148 valence electrons. The van der Waals surface area contributed by atoms with Crippen LogP contribution < -0.4 is 4.90 Å². The van der Waals surface area contributed by atoms with Gasteiger partial charge >= 0.3 is 0 Å². The standard InChI is InChI=1S/C20H20N6OS2/c1-12-5-6-16(7-13(12)2)26(14(3)27)20-24-15(10-29-20)9-28-19-17-8-23-25(4)18(17)21-11-22-19/h5-8,10-11H,9H2,1-4H3. The number of carbonyl (C=O) groups is 1. The number of aromatic nitrogens is 5. The average molecular weight is 425 g/mol. The van der Waals surface area contributed by atoms with Crippen molar-refractivity contribution in [3.63, 3.8) is 0 Å². The van der Waals surface area contributed by atoms with E-state index in [2.05, 4.69) is 22.0 Å². The number of rotatable bonds is 5. The highest BCUT2D eigenvalue weighted by molar-refractivity contribution is 7.98. The first-order valence-corrected chi connectivity index (χ1v) is 10.9. The smallest absolute Gasteiger partial charge is 0.230 e. The van der Waals surface area contributed by atoms with Gasteiger partial charge in [0.05, 0.1) is 23.0 Å². The maximum atomic E-state index is 12.3. The van der Waals surface area contributed by atoms with Gasteiger partial charge in [0.2, 0.25) is 5.91 Å². The van der Waals surface area contributed by atoms with E-state index >= 15 is 0 Å².